The number of rotatable bonds is 1. The Morgan fingerprint density at radius 1 is 0.515 bits per heavy atom. The molecule has 8 rings (SSSR count). The first-order valence-corrected chi connectivity index (χ1v) is 12.7. The Kier molecular flexibility index (Phi) is 3.47. The van der Waals surface area contributed by atoms with E-state index in [9.17, 15) is 0 Å². The first-order chi connectivity index (χ1) is 16.3. The van der Waals surface area contributed by atoms with Crippen molar-refractivity contribution < 1.29 is 0 Å². The number of nitrogens with zero attached hydrogens (tertiary/aromatic N) is 1. The Labute approximate surface area is 201 Å². The van der Waals surface area contributed by atoms with E-state index in [0.717, 1.165) is 4.47 Å². The molecule has 0 bridgehead atoms. The second kappa shape index (κ2) is 6.34. The second-order valence-electron chi connectivity index (χ2n) is 8.70. The summed E-state index contributed by atoms with van der Waals surface area (Å²) in [4.78, 5) is 0. The largest absolute Gasteiger partial charge is 0.309 e. The van der Waals surface area contributed by atoms with Crippen molar-refractivity contribution in [3.63, 3.8) is 0 Å². The van der Waals surface area contributed by atoms with Gasteiger partial charge in [0.25, 0.3) is 0 Å². The summed E-state index contributed by atoms with van der Waals surface area (Å²) >= 11 is 5.49. The van der Waals surface area contributed by atoms with Crippen LogP contribution in [0, 0.1) is 0 Å². The van der Waals surface area contributed by atoms with Gasteiger partial charge in [-0.2, -0.15) is 0 Å². The van der Waals surface area contributed by atoms with Crippen LogP contribution in [0.1, 0.15) is 0 Å². The van der Waals surface area contributed by atoms with Gasteiger partial charge in [0.15, 0.2) is 0 Å². The molecule has 154 valence electrons. The third kappa shape index (κ3) is 2.31. The Morgan fingerprint density at radius 2 is 1.09 bits per heavy atom. The van der Waals surface area contributed by atoms with E-state index in [4.69, 9.17) is 0 Å². The average Bonchev–Trinajstić information content (AvgIpc) is 3.38. The van der Waals surface area contributed by atoms with Gasteiger partial charge in [-0.3, -0.25) is 0 Å². The number of aromatic nitrogens is 1. The van der Waals surface area contributed by atoms with E-state index in [1.54, 1.807) is 0 Å². The Hall–Kier alpha value is -3.40. The van der Waals surface area contributed by atoms with Crippen LogP contribution in [0.15, 0.2) is 102 Å². The molecule has 6 aromatic carbocycles. The molecular formula is C30H16BrNS. The standard InChI is InChI=1S/C30H16BrNS/c31-17-11-13-21-22-14-12-18(16-28(22)33-27(21)15-17)32-25-9-3-7-23-19-5-1-2-6-20(19)24-8-4-10-26(32)30(24)29(23)25/h1-16H. The van der Waals surface area contributed by atoms with Crippen LogP contribution in [-0.2, 0) is 0 Å². The third-order valence-electron chi connectivity index (χ3n) is 7.00. The van der Waals surface area contributed by atoms with Crippen molar-refractivity contribution >= 4 is 90.8 Å². The highest BCUT2D eigenvalue weighted by Crippen LogP contribution is 2.44. The molecule has 0 aliphatic heterocycles. The van der Waals surface area contributed by atoms with Crippen LogP contribution in [0.25, 0.3) is 69.2 Å². The van der Waals surface area contributed by atoms with Crippen LogP contribution in [0.3, 0.4) is 0 Å². The van der Waals surface area contributed by atoms with Crippen molar-refractivity contribution in [1.29, 1.82) is 0 Å². The van der Waals surface area contributed by atoms with E-state index in [0.29, 0.717) is 0 Å². The second-order valence-corrected chi connectivity index (χ2v) is 10.7. The fraction of sp³-hybridized carbons (Fsp3) is 0. The summed E-state index contributed by atoms with van der Waals surface area (Å²) in [7, 11) is 0. The minimum atomic E-state index is 1.13. The first-order valence-electron chi connectivity index (χ1n) is 11.1. The Morgan fingerprint density at radius 3 is 1.76 bits per heavy atom. The summed E-state index contributed by atoms with van der Waals surface area (Å²) in [5.74, 6) is 0. The molecule has 0 radical (unpaired) electrons. The van der Waals surface area contributed by atoms with Gasteiger partial charge in [-0.25, -0.2) is 0 Å². The zero-order valence-corrected chi connectivity index (χ0v) is 19.9. The summed E-state index contributed by atoms with van der Waals surface area (Å²) in [5, 5.41) is 10.7. The average molecular weight is 502 g/mol. The Balaban J connectivity index is 1.54. The molecule has 0 aliphatic rings. The predicted octanol–water partition coefficient (Wildman–Crippen LogP) is 9.66. The minimum Gasteiger partial charge on any atom is -0.309 e. The highest BCUT2D eigenvalue weighted by Gasteiger charge is 2.19. The lowest BCUT2D eigenvalue weighted by Gasteiger charge is -2.08. The number of fused-ring (bicyclic) bond motifs is 6. The number of benzene rings is 6. The van der Waals surface area contributed by atoms with E-state index in [1.165, 1.54) is 69.2 Å². The smallest absolute Gasteiger partial charge is 0.0547 e. The molecule has 2 heterocycles. The van der Waals surface area contributed by atoms with E-state index < -0.39 is 0 Å². The lowest BCUT2D eigenvalue weighted by atomic mass is 9.95. The van der Waals surface area contributed by atoms with Gasteiger partial charge in [0.1, 0.15) is 0 Å². The first kappa shape index (κ1) is 18.1. The molecule has 0 N–H and O–H groups in total. The molecule has 0 spiro atoms. The maximum absolute atomic E-state index is 3.62. The molecule has 1 nitrogen and oxygen atoms in total. The van der Waals surface area contributed by atoms with E-state index in [-0.39, 0.29) is 0 Å². The molecule has 2 aromatic heterocycles. The van der Waals surface area contributed by atoms with Crippen LogP contribution >= 0.6 is 27.3 Å². The maximum atomic E-state index is 3.62. The topological polar surface area (TPSA) is 4.93 Å². The molecule has 0 amide bonds. The van der Waals surface area contributed by atoms with Gasteiger partial charge in [-0.15, -0.1) is 11.3 Å². The van der Waals surface area contributed by atoms with E-state index in [1.807, 2.05) is 11.3 Å². The van der Waals surface area contributed by atoms with Gasteiger partial charge in [-0.05, 0) is 57.9 Å². The lowest BCUT2D eigenvalue weighted by molar-refractivity contribution is 1.19. The zero-order chi connectivity index (χ0) is 21.7. The quantitative estimate of drug-likeness (QED) is 0.197. The SMILES string of the molecule is Brc1ccc2c(c1)sc1cc(-n3c4cccc5c6ccccc6c6cccc3c6c54)ccc12. The lowest BCUT2D eigenvalue weighted by Crippen LogP contribution is -1.92. The number of hydrogen-bond acceptors (Lipinski definition) is 1. The molecule has 3 heteroatoms. The summed E-state index contributed by atoms with van der Waals surface area (Å²) in [6, 6.07) is 35.8. The third-order valence-corrected chi connectivity index (χ3v) is 8.61. The molecule has 33 heavy (non-hydrogen) atoms. The van der Waals surface area contributed by atoms with Crippen molar-refractivity contribution in [1.82, 2.24) is 4.57 Å². The van der Waals surface area contributed by atoms with Gasteiger partial charge in [0, 0.05) is 41.1 Å². The van der Waals surface area contributed by atoms with Crippen LogP contribution in [-0.4, -0.2) is 4.57 Å². The predicted molar refractivity (Wildman–Crippen MR) is 148 cm³/mol. The summed E-state index contributed by atoms with van der Waals surface area (Å²) in [6.45, 7) is 0. The number of thiophene rings is 1. The fourth-order valence-electron chi connectivity index (χ4n) is 5.67. The molecule has 0 aliphatic carbocycles. The molecule has 0 unspecified atom stereocenters. The van der Waals surface area contributed by atoms with Gasteiger partial charge < -0.3 is 4.57 Å². The summed E-state index contributed by atoms with van der Waals surface area (Å²) < 4.78 is 6.21. The van der Waals surface area contributed by atoms with Crippen molar-refractivity contribution in [2.24, 2.45) is 0 Å². The van der Waals surface area contributed by atoms with Crippen molar-refractivity contribution in [3.8, 4) is 5.69 Å². The highest BCUT2D eigenvalue weighted by molar-refractivity contribution is 9.10. The minimum absolute atomic E-state index is 1.13. The van der Waals surface area contributed by atoms with Crippen molar-refractivity contribution in [2.75, 3.05) is 0 Å². The maximum Gasteiger partial charge on any atom is 0.0547 e. The van der Waals surface area contributed by atoms with Gasteiger partial charge in [0.2, 0.25) is 0 Å². The van der Waals surface area contributed by atoms with Crippen LogP contribution < -0.4 is 0 Å². The summed E-state index contributed by atoms with van der Waals surface area (Å²) in [5.41, 5.74) is 3.76. The Bertz CT molecular complexity index is 1960. The number of hydrogen-bond donors (Lipinski definition) is 0. The van der Waals surface area contributed by atoms with Gasteiger partial charge in [-0.1, -0.05) is 76.6 Å². The molecule has 8 aromatic rings. The van der Waals surface area contributed by atoms with E-state index in [2.05, 4.69) is 118 Å². The molecule has 0 saturated heterocycles. The highest BCUT2D eigenvalue weighted by atomic mass is 79.9. The summed E-state index contributed by atoms with van der Waals surface area (Å²) in [6.07, 6.45) is 0. The monoisotopic (exact) mass is 501 g/mol. The van der Waals surface area contributed by atoms with Crippen LogP contribution in [0.2, 0.25) is 0 Å². The van der Waals surface area contributed by atoms with Gasteiger partial charge >= 0.3 is 0 Å². The molecule has 0 saturated carbocycles. The fourth-order valence-corrected chi connectivity index (χ4v) is 7.36. The molecule has 0 atom stereocenters. The number of halogens is 1. The van der Waals surface area contributed by atoms with Crippen molar-refractivity contribution in [3.05, 3.63) is 102 Å². The van der Waals surface area contributed by atoms with Crippen LogP contribution in [0.4, 0.5) is 0 Å². The van der Waals surface area contributed by atoms with Crippen molar-refractivity contribution in [2.45, 2.75) is 0 Å². The normalized spacial score (nSPS) is 12.4. The molecular weight excluding hydrogens is 486 g/mol. The van der Waals surface area contributed by atoms with Gasteiger partial charge in [0.05, 0.1) is 11.0 Å². The zero-order valence-electron chi connectivity index (χ0n) is 17.5. The molecule has 0 fully saturated rings. The van der Waals surface area contributed by atoms with E-state index >= 15 is 0 Å². The van der Waals surface area contributed by atoms with Crippen LogP contribution in [0.5, 0.6) is 0 Å².